The van der Waals surface area contributed by atoms with E-state index in [0.717, 1.165) is 12.1 Å². The molecule has 0 saturated heterocycles. The average Bonchev–Trinajstić information content (AvgIpc) is 2.48. The van der Waals surface area contributed by atoms with Crippen molar-refractivity contribution in [1.82, 2.24) is 9.97 Å². The van der Waals surface area contributed by atoms with Crippen LogP contribution in [-0.2, 0) is 6.18 Å². The van der Waals surface area contributed by atoms with Crippen molar-refractivity contribution in [2.24, 2.45) is 0 Å². The van der Waals surface area contributed by atoms with E-state index < -0.39 is 11.7 Å². The van der Waals surface area contributed by atoms with Crippen LogP contribution in [0, 0.1) is 0 Å². The van der Waals surface area contributed by atoms with E-state index in [2.05, 4.69) is 29.9 Å². The number of halogens is 3. The lowest BCUT2D eigenvalue weighted by Gasteiger charge is -2.09. The Bertz CT molecular complexity index is 564. The van der Waals surface area contributed by atoms with Crippen molar-refractivity contribution >= 4 is 0 Å². The first kappa shape index (κ1) is 18.1. The van der Waals surface area contributed by atoms with E-state index >= 15 is 0 Å². The predicted molar refractivity (Wildman–Crippen MR) is 81.7 cm³/mol. The third-order valence-electron chi connectivity index (χ3n) is 3.05. The second-order valence-electron chi connectivity index (χ2n) is 5.56. The molecular weight excluding hydrogens is 289 g/mol. The van der Waals surface area contributed by atoms with Crippen molar-refractivity contribution in [2.75, 3.05) is 0 Å². The molecule has 2 rings (SSSR count). The number of aromatic nitrogens is 2. The highest BCUT2D eigenvalue weighted by molar-refractivity contribution is 5.21. The first-order valence-corrected chi connectivity index (χ1v) is 7.15. The number of hydrogen-bond acceptors (Lipinski definition) is 2. The summed E-state index contributed by atoms with van der Waals surface area (Å²) < 4.78 is 36.6. The van der Waals surface area contributed by atoms with E-state index in [0.29, 0.717) is 11.6 Å². The van der Waals surface area contributed by atoms with Crippen LogP contribution in [0.15, 0.2) is 42.9 Å². The van der Waals surface area contributed by atoms with Gasteiger partial charge in [-0.05, 0) is 35.6 Å². The third-order valence-corrected chi connectivity index (χ3v) is 3.05. The maximum Gasteiger partial charge on any atom is 0.416 e. The summed E-state index contributed by atoms with van der Waals surface area (Å²) in [6.45, 7) is 7.94. The molecular formula is C17H21F3N2. The topological polar surface area (TPSA) is 25.8 Å². The van der Waals surface area contributed by atoms with Gasteiger partial charge in [-0.15, -0.1) is 0 Å². The second kappa shape index (κ2) is 7.92. The van der Waals surface area contributed by atoms with Crippen molar-refractivity contribution in [3.05, 3.63) is 59.7 Å². The van der Waals surface area contributed by atoms with E-state index in [9.17, 15) is 13.2 Å². The molecule has 0 aromatic carbocycles. The highest BCUT2D eigenvalue weighted by atomic mass is 19.4. The van der Waals surface area contributed by atoms with Crippen LogP contribution < -0.4 is 0 Å². The Morgan fingerprint density at radius 3 is 2.05 bits per heavy atom. The fourth-order valence-electron chi connectivity index (χ4n) is 1.66. The fraction of sp³-hybridized carbons (Fsp3) is 0.412. The number of alkyl halides is 3. The Labute approximate surface area is 129 Å². The van der Waals surface area contributed by atoms with Gasteiger partial charge in [0.05, 0.1) is 5.56 Å². The molecule has 2 nitrogen and oxygen atoms in total. The van der Waals surface area contributed by atoms with Crippen LogP contribution in [0.2, 0.25) is 0 Å². The van der Waals surface area contributed by atoms with Gasteiger partial charge in [-0.1, -0.05) is 33.8 Å². The van der Waals surface area contributed by atoms with E-state index in [1.807, 2.05) is 26.1 Å². The van der Waals surface area contributed by atoms with Crippen LogP contribution in [0.3, 0.4) is 0 Å². The number of rotatable bonds is 2. The predicted octanol–water partition coefficient (Wildman–Crippen LogP) is 5.43. The summed E-state index contributed by atoms with van der Waals surface area (Å²) in [5.74, 6) is 0.612. The van der Waals surface area contributed by atoms with Crippen molar-refractivity contribution in [3.8, 4) is 0 Å². The Morgan fingerprint density at radius 2 is 1.64 bits per heavy atom. The molecule has 0 amide bonds. The lowest BCUT2D eigenvalue weighted by Crippen LogP contribution is -2.06. The van der Waals surface area contributed by atoms with Crippen molar-refractivity contribution in [2.45, 2.75) is 45.7 Å². The van der Waals surface area contributed by atoms with Crippen LogP contribution in [0.1, 0.15) is 56.4 Å². The van der Waals surface area contributed by atoms with E-state index in [4.69, 9.17) is 0 Å². The normalized spacial score (nSPS) is 11.3. The molecule has 0 fully saturated rings. The summed E-state index contributed by atoms with van der Waals surface area (Å²) in [5, 5.41) is 0. The quantitative estimate of drug-likeness (QED) is 0.739. The number of pyridine rings is 2. The highest BCUT2D eigenvalue weighted by Gasteiger charge is 2.30. The van der Waals surface area contributed by atoms with Gasteiger partial charge >= 0.3 is 6.18 Å². The molecule has 2 aromatic rings. The molecule has 0 radical (unpaired) electrons. The molecule has 0 aliphatic heterocycles. The van der Waals surface area contributed by atoms with E-state index in [-0.39, 0.29) is 5.92 Å². The molecule has 5 heteroatoms. The van der Waals surface area contributed by atoms with Crippen LogP contribution >= 0.6 is 0 Å². The summed E-state index contributed by atoms with van der Waals surface area (Å²) in [7, 11) is 0. The molecule has 0 aliphatic rings. The van der Waals surface area contributed by atoms with Crippen molar-refractivity contribution < 1.29 is 13.2 Å². The minimum atomic E-state index is -4.27. The van der Waals surface area contributed by atoms with Gasteiger partial charge in [0, 0.05) is 24.3 Å². The smallest absolute Gasteiger partial charge is 0.264 e. The maximum atomic E-state index is 12.2. The summed E-state index contributed by atoms with van der Waals surface area (Å²) in [5.41, 5.74) is 1.14. The zero-order valence-corrected chi connectivity index (χ0v) is 13.2. The highest BCUT2D eigenvalue weighted by Crippen LogP contribution is 2.30. The first-order valence-electron chi connectivity index (χ1n) is 7.15. The largest absolute Gasteiger partial charge is 0.416 e. The Hall–Kier alpha value is -1.91. The Morgan fingerprint density at radius 1 is 0.955 bits per heavy atom. The van der Waals surface area contributed by atoms with Crippen molar-refractivity contribution in [1.29, 1.82) is 0 Å². The molecule has 0 spiro atoms. The molecule has 0 atom stereocenters. The average molecular weight is 310 g/mol. The number of nitrogens with zero attached hydrogens (tertiary/aromatic N) is 2. The van der Waals surface area contributed by atoms with Gasteiger partial charge in [0.15, 0.2) is 0 Å². The summed E-state index contributed by atoms with van der Waals surface area (Å²) >= 11 is 0. The zero-order valence-electron chi connectivity index (χ0n) is 13.2. The van der Waals surface area contributed by atoms with Gasteiger partial charge in [0.1, 0.15) is 0 Å². The third kappa shape index (κ3) is 5.84. The van der Waals surface area contributed by atoms with Gasteiger partial charge in [-0.3, -0.25) is 9.97 Å². The van der Waals surface area contributed by atoms with Crippen LogP contribution in [0.4, 0.5) is 13.2 Å². The molecule has 0 unspecified atom stereocenters. The lowest BCUT2D eigenvalue weighted by atomic mass is 10.1. The molecule has 2 aromatic heterocycles. The fourth-order valence-corrected chi connectivity index (χ4v) is 1.66. The lowest BCUT2D eigenvalue weighted by molar-refractivity contribution is -0.137. The van der Waals surface area contributed by atoms with Crippen LogP contribution in [0.5, 0.6) is 0 Å². The summed E-state index contributed by atoms with van der Waals surface area (Å²) in [6, 6.07) is 6.13. The standard InChI is InChI=1S/C9H10F3N.C8H11N/c1-6(2)8-5-7(3-4-13-8)9(10,11)12;1-7(2)8-4-3-5-9-6-8/h3-6H,1-2H3;3-7H,1-2H3. The zero-order chi connectivity index (χ0) is 16.8. The number of hydrogen-bond donors (Lipinski definition) is 0. The molecule has 0 N–H and O–H groups in total. The van der Waals surface area contributed by atoms with Gasteiger partial charge < -0.3 is 0 Å². The van der Waals surface area contributed by atoms with Gasteiger partial charge in [0.2, 0.25) is 0 Å². The van der Waals surface area contributed by atoms with Crippen molar-refractivity contribution in [3.63, 3.8) is 0 Å². The minimum Gasteiger partial charge on any atom is -0.264 e. The van der Waals surface area contributed by atoms with E-state index in [1.165, 1.54) is 11.8 Å². The molecule has 2 heterocycles. The van der Waals surface area contributed by atoms with Gasteiger partial charge in [0.25, 0.3) is 0 Å². The summed E-state index contributed by atoms with van der Waals surface area (Å²) in [6.07, 6.45) is 0.626. The minimum absolute atomic E-state index is 0.0160. The van der Waals surface area contributed by atoms with Gasteiger partial charge in [-0.25, -0.2) is 0 Å². The molecule has 22 heavy (non-hydrogen) atoms. The molecule has 0 bridgehead atoms. The molecule has 0 saturated carbocycles. The SMILES string of the molecule is CC(C)c1cc(C(F)(F)F)ccn1.CC(C)c1cccnc1. The second-order valence-corrected chi connectivity index (χ2v) is 5.56. The molecule has 120 valence electrons. The summed E-state index contributed by atoms with van der Waals surface area (Å²) in [4.78, 5) is 7.86. The Kier molecular flexibility index (Phi) is 6.53. The van der Waals surface area contributed by atoms with Gasteiger partial charge in [-0.2, -0.15) is 13.2 Å². The molecule has 0 aliphatic carbocycles. The van der Waals surface area contributed by atoms with E-state index in [1.54, 1.807) is 6.20 Å². The van der Waals surface area contributed by atoms with Crippen LogP contribution in [-0.4, -0.2) is 9.97 Å². The Balaban J connectivity index is 0.000000235. The van der Waals surface area contributed by atoms with Crippen LogP contribution in [0.25, 0.3) is 0 Å². The monoisotopic (exact) mass is 310 g/mol. The maximum absolute atomic E-state index is 12.2. The first-order chi connectivity index (χ1) is 10.2.